The van der Waals surface area contributed by atoms with Gasteiger partial charge in [0.05, 0.1) is 17.8 Å². The van der Waals surface area contributed by atoms with Gasteiger partial charge in [0.15, 0.2) is 5.82 Å². The van der Waals surface area contributed by atoms with E-state index in [1.165, 1.54) is 11.9 Å². The molecule has 3 heterocycles. The van der Waals surface area contributed by atoms with Crippen LogP contribution in [-0.4, -0.2) is 49.3 Å². The maximum Gasteiger partial charge on any atom is 0.222 e. The number of anilines is 1. The predicted molar refractivity (Wildman–Crippen MR) is 154 cm³/mol. The SMILES string of the molecule is CN(C)C(=O)CCc1cccc(-c2cc(-c3ccc4cn(Cc5ccccc5)nc4c3)c3c(N)ncnn23)c1. The Morgan fingerprint density at radius 2 is 1.74 bits per heavy atom. The van der Waals surface area contributed by atoms with Crippen molar-refractivity contribution in [1.82, 2.24) is 29.3 Å². The normalized spacial score (nSPS) is 11.3. The lowest BCUT2D eigenvalue weighted by Crippen LogP contribution is -2.21. The van der Waals surface area contributed by atoms with Crippen LogP contribution >= 0.6 is 0 Å². The van der Waals surface area contributed by atoms with Crippen molar-refractivity contribution in [2.24, 2.45) is 0 Å². The summed E-state index contributed by atoms with van der Waals surface area (Å²) in [4.78, 5) is 18.0. The molecule has 0 spiro atoms. The summed E-state index contributed by atoms with van der Waals surface area (Å²) in [6.07, 6.45) is 4.67. The number of carbonyl (C=O) groups is 1. The summed E-state index contributed by atoms with van der Waals surface area (Å²) in [5.74, 6) is 0.520. The first-order valence-electron chi connectivity index (χ1n) is 12.9. The second-order valence-corrected chi connectivity index (χ2v) is 9.92. The number of nitrogens with zero attached hydrogens (tertiary/aromatic N) is 6. The molecule has 194 valence electrons. The Balaban J connectivity index is 1.38. The lowest BCUT2D eigenvalue weighted by atomic mass is 10.0. The van der Waals surface area contributed by atoms with E-state index in [1.54, 1.807) is 19.0 Å². The van der Waals surface area contributed by atoms with E-state index in [0.29, 0.717) is 25.2 Å². The third-order valence-corrected chi connectivity index (χ3v) is 6.98. The average Bonchev–Trinajstić information content (AvgIpc) is 3.54. The highest BCUT2D eigenvalue weighted by atomic mass is 16.2. The molecule has 0 aliphatic heterocycles. The predicted octanol–water partition coefficient (Wildman–Crippen LogP) is 5.06. The van der Waals surface area contributed by atoms with Crippen molar-refractivity contribution >= 4 is 28.1 Å². The number of aromatic nitrogens is 5. The van der Waals surface area contributed by atoms with Crippen LogP contribution in [0.5, 0.6) is 0 Å². The zero-order valence-electron chi connectivity index (χ0n) is 22.0. The smallest absolute Gasteiger partial charge is 0.222 e. The van der Waals surface area contributed by atoms with Crippen molar-refractivity contribution in [2.75, 3.05) is 19.8 Å². The molecule has 0 saturated heterocycles. The second-order valence-electron chi connectivity index (χ2n) is 9.92. The third-order valence-electron chi connectivity index (χ3n) is 6.98. The van der Waals surface area contributed by atoms with Gasteiger partial charge in [-0.25, -0.2) is 9.50 Å². The molecule has 0 saturated carbocycles. The van der Waals surface area contributed by atoms with Gasteiger partial charge in [0.2, 0.25) is 5.91 Å². The number of aryl methyl sites for hydroxylation is 1. The van der Waals surface area contributed by atoms with E-state index in [-0.39, 0.29) is 5.91 Å². The van der Waals surface area contributed by atoms with Crippen LogP contribution in [0.1, 0.15) is 17.5 Å². The number of nitrogen functional groups attached to an aromatic ring is 1. The molecule has 3 aromatic carbocycles. The summed E-state index contributed by atoms with van der Waals surface area (Å²) in [6.45, 7) is 0.710. The standard InChI is InChI=1S/C31H29N7O/c1-36(2)29(39)14-11-21-9-6-10-24(15-21)28-17-26(30-31(32)33-20-34-38(28)30)23-12-13-25-19-37(35-27(25)16-23)18-22-7-4-3-5-8-22/h3-10,12-13,15-17,19-20H,11,14,18H2,1-2H3,(H2,32,33,34). The molecule has 8 heteroatoms. The summed E-state index contributed by atoms with van der Waals surface area (Å²) in [5.41, 5.74) is 14.2. The van der Waals surface area contributed by atoms with Gasteiger partial charge in [0.25, 0.3) is 0 Å². The van der Waals surface area contributed by atoms with Gasteiger partial charge in [0, 0.05) is 43.2 Å². The third kappa shape index (κ3) is 4.84. The molecule has 0 atom stereocenters. The zero-order valence-corrected chi connectivity index (χ0v) is 22.0. The summed E-state index contributed by atoms with van der Waals surface area (Å²) >= 11 is 0. The number of hydrogen-bond donors (Lipinski definition) is 1. The molecule has 0 fully saturated rings. The Kier molecular flexibility index (Phi) is 6.28. The quantitative estimate of drug-likeness (QED) is 0.321. The highest BCUT2D eigenvalue weighted by Gasteiger charge is 2.18. The number of nitrogens with two attached hydrogens (primary N) is 1. The summed E-state index contributed by atoms with van der Waals surface area (Å²) in [7, 11) is 3.56. The van der Waals surface area contributed by atoms with Crippen LogP contribution < -0.4 is 5.73 Å². The zero-order chi connectivity index (χ0) is 26.9. The molecule has 3 aromatic heterocycles. The van der Waals surface area contributed by atoms with Gasteiger partial charge in [0.1, 0.15) is 11.8 Å². The minimum atomic E-state index is 0.109. The number of hydrogen-bond acceptors (Lipinski definition) is 5. The first kappa shape index (κ1) is 24.4. The molecule has 6 aromatic rings. The number of rotatable bonds is 7. The molecule has 0 aliphatic carbocycles. The van der Waals surface area contributed by atoms with E-state index in [4.69, 9.17) is 10.8 Å². The van der Waals surface area contributed by atoms with E-state index in [1.807, 2.05) is 39.5 Å². The lowest BCUT2D eigenvalue weighted by Gasteiger charge is -2.10. The van der Waals surface area contributed by atoms with E-state index >= 15 is 0 Å². The van der Waals surface area contributed by atoms with Crippen LogP contribution in [0.25, 0.3) is 38.8 Å². The molecule has 0 bridgehead atoms. The summed E-state index contributed by atoms with van der Waals surface area (Å²) in [5, 5.41) is 10.5. The number of fused-ring (bicyclic) bond motifs is 2. The highest BCUT2D eigenvalue weighted by molar-refractivity contribution is 5.95. The number of amides is 1. The fourth-order valence-corrected chi connectivity index (χ4v) is 4.94. The Morgan fingerprint density at radius 3 is 2.56 bits per heavy atom. The van der Waals surface area contributed by atoms with Crippen LogP contribution in [0.2, 0.25) is 0 Å². The van der Waals surface area contributed by atoms with Crippen LogP contribution in [0, 0.1) is 0 Å². The van der Waals surface area contributed by atoms with Gasteiger partial charge in [-0.1, -0.05) is 60.7 Å². The Labute approximate surface area is 226 Å². The van der Waals surface area contributed by atoms with Crippen LogP contribution in [0.15, 0.2) is 91.4 Å². The van der Waals surface area contributed by atoms with E-state index in [2.05, 4.69) is 64.8 Å². The molecule has 39 heavy (non-hydrogen) atoms. The van der Waals surface area contributed by atoms with Gasteiger partial charge in [-0.3, -0.25) is 9.48 Å². The maximum absolute atomic E-state index is 12.1. The largest absolute Gasteiger partial charge is 0.382 e. The number of benzene rings is 3. The van der Waals surface area contributed by atoms with Gasteiger partial charge in [-0.15, -0.1) is 0 Å². The Hall–Kier alpha value is -4.98. The van der Waals surface area contributed by atoms with Gasteiger partial charge in [-0.2, -0.15) is 10.2 Å². The molecule has 8 nitrogen and oxygen atoms in total. The Bertz CT molecular complexity index is 1800. The van der Waals surface area contributed by atoms with Crippen molar-refractivity contribution in [3.05, 3.63) is 103 Å². The fraction of sp³-hybridized carbons (Fsp3) is 0.161. The number of carbonyl (C=O) groups excluding carboxylic acids is 1. The van der Waals surface area contributed by atoms with Crippen molar-refractivity contribution in [2.45, 2.75) is 19.4 Å². The fourth-order valence-electron chi connectivity index (χ4n) is 4.94. The first-order chi connectivity index (χ1) is 19.0. The maximum atomic E-state index is 12.1. The van der Waals surface area contributed by atoms with Crippen LogP contribution in [0.4, 0.5) is 5.82 Å². The van der Waals surface area contributed by atoms with Crippen LogP contribution in [0.3, 0.4) is 0 Å². The van der Waals surface area contributed by atoms with Crippen molar-refractivity contribution in [1.29, 1.82) is 0 Å². The van der Waals surface area contributed by atoms with E-state index < -0.39 is 0 Å². The second kappa shape index (κ2) is 10.1. The molecular weight excluding hydrogens is 486 g/mol. The molecule has 6 rings (SSSR count). The van der Waals surface area contributed by atoms with Crippen molar-refractivity contribution in [3.8, 4) is 22.4 Å². The van der Waals surface area contributed by atoms with Gasteiger partial charge in [-0.05, 0) is 41.3 Å². The molecule has 0 radical (unpaired) electrons. The van der Waals surface area contributed by atoms with Crippen LogP contribution in [-0.2, 0) is 17.8 Å². The summed E-state index contributed by atoms with van der Waals surface area (Å²) < 4.78 is 3.82. The van der Waals surface area contributed by atoms with Crippen molar-refractivity contribution in [3.63, 3.8) is 0 Å². The molecule has 0 unspecified atom stereocenters. The first-order valence-corrected chi connectivity index (χ1v) is 12.9. The molecular formula is C31H29N7O. The molecule has 1 amide bonds. The average molecular weight is 516 g/mol. The topological polar surface area (TPSA) is 94.3 Å². The van der Waals surface area contributed by atoms with E-state index in [0.717, 1.165) is 44.4 Å². The highest BCUT2D eigenvalue weighted by Crippen LogP contribution is 2.36. The van der Waals surface area contributed by atoms with Gasteiger partial charge >= 0.3 is 0 Å². The molecule has 2 N–H and O–H groups in total. The lowest BCUT2D eigenvalue weighted by molar-refractivity contribution is -0.128. The Morgan fingerprint density at radius 1 is 0.923 bits per heavy atom. The van der Waals surface area contributed by atoms with E-state index in [9.17, 15) is 4.79 Å². The van der Waals surface area contributed by atoms with Crippen molar-refractivity contribution < 1.29 is 4.79 Å². The monoisotopic (exact) mass is 515 g/mol. The minimum absolute atomic E-state index is 0.109. The molecule has 0 aliphatic rings. The minimum Gasteiger partial charge on any atom is -0.382 e. The van der Waals surface area contributed by atoms with Gasteiger partial charge < -0.3 is 10.6 Å². The summed E-state index contributed by atoms with van der Waals surface area (Å²) in [6, 6.07) is 26.9.